The van der Waals surface area contributed by atoms with Crippen LogP contribution in [0.25, 0.3) is 11.0 Å². The number of imidazole rings is 1. The summed E-state index contributed by atoms with van der Waals surface area (Å²) < 4.78 is 10.7. The van der Waals surface area contributed by atoms with Crippen molar-refractivity contribution in [3.05, 3.63) is 24.0 Å². The minimum atomic E-state index is -0.533. The monoisotopic (exact) mass is 329 g/mol. The van der Waals surface area contributed by atoms with Crippen LogP contribution in [0.5, 0.6) is 0 Å². The van der Waals surface area contributed by atoms with Crippen LogP contribution in [0.1, 0.15) is 43.8 Å². The van der Waals surface area contributed by atoms with Gasteiger partial charge in [-0.1, -0.05) is 19.3 Å². The molecule has 1 aliphatic heterocycles. The molecule has 0 spiro atoms. The molecule has 1 aromatic heterocycles. The lowest BCUT2D eigenvalue weighted by atomic mass is 9.89. The molecule has 0 unspecified atom stereocenters. The molecule has 2 aliphatic rings. The predicted molar refractivity (Wildman–Crippen MR) is 91.1 cm³/mol. The van der Waals surface area contributed by atoms with E-state index in [0.29, 0.717) is 25.7 Å². The summed E-state index contributed by atoms with van der Waals surface area (Å²) in [4.78, 5) is 20.4. The Labute approximate surface area is 140 Å². The molecule has 6 nitrogen and oxygen atoms in total. The fourth-order valence-electron chi connectivity index (χ4n) is 3.54. The minimum absolute atomic E-state index is 0.166. The maximum absolute atomic E-state index is 12.2. The van der Waals surface area contributed by atoms with Gasteiger partial charge in [0.05, 0.1) is 30.9 Å². The summed E-state index contributed by atoms with van der Waals surface area (Å²) in [5.74, 6) is 1.45. The number of hydrogen-bond donors (Lipinski definition) is 2. The summed E-state index contributed by atoms with van der Waals surface area (Å²) in [7, 11) is 0. The highest BCUT2D eigenvalue weighted by Crippen LogP contribution is 2.32. The van der Waals surface area contributed by atoms with E-state index in [-0.39, 0.29) is 5.91 Å². The molecule has 1 saturated heterocycles. The molecule has 24 heavy (non-hydrogen) atoms. The van der Waals surface area contributed by atoms with E-state index in [0.717, 1.165) is 22.5 Å². The fourth-order valence-corrected chi connectivity index (χ4v) is 3.54. The third-order valence-corrected chi connectivity index (χ3v) is 4.87. The molecule has 2 heterocycles. The number of anilines is 1. The van der Waals surface area contributed by atoms with Gasteiger partial charge >= 0.3 is 0 Å². The number of benzene rings is 1. The van der Waals surface area contributed by atoms with Gasteiger partial charge in [-0.25, -0.2) is 4.98 Å². The van der Waals surface area contributed by atoms with Crippen molar-refractivity contribution in [3.63, 3.8) is 0 Å². The lowest BCUT2D eigenvalue weighted by Crippen LogP contribution is -2.39. The lowest BCUT2D eigenvalue weighted by molar-refractivity contribution is -0.142. The smallest absolute Gasteiger partial charge is 0.255 e. The largest absolute Gasteiger partial charge is 0.376 e. The molecule has 4 rings (SSSR count). The average molecular weight is 329 g/mol. The van der Waals surface area contributed by atoms with Gasteiger partial charge in [0.1, 0.15) is 5.82 Å². The second-order valence-electron chi connectivity index (χ2n) is 6.61. The summed E-state index contributed by atoms with van der Waals surface area (Å²) in [6, 6.07) is 5.78. The number of rotatable bonds is 3. The molecule has 1 aliphatic carbocycles. The standard InChI is InChI=1S/C18H23N3O3/c22-18(16-11-23-8-9-24-16)19-13-6-7-14-15(10-13)21-17(20-14)12-4-2-1-3-5-12/h6-7,10,12,16H,1-5,8-9,11H2,(H,19,22)(H,20,21)/t16-/m0/s1. The van der Waals surface area contributed by atoms with Crippen molar-refractivity contribution in [2.45, 2.75) is 44.1 Å². The Kier molecular flexibility index (Phi) is 4.49. The number of aromatic nitrogens is 2. The van der Waals surface area contributed by atoms with E-state index in [1.165, 1.54) is 32.1 Å². The van der Waals surface area contributed by atoms with Gasteiger partial charge in [-0.05, 0) is 31.0 Å². The van der Waals surface area contributed by atoms with E-state index in [1.54, 1.807) is 0 Å². The average Bonchev–Trinajstić information content (AvgIpc) is 3.06. The van der Waals surface area contributed by atoms with Gasteiger partial charge in [0.2, 0.25) is 0 Å². The zero-order valence-corrected chi connectivity index (χ0v) is 13.7. The number of carbonyl (C=O) groups excluding carboxylic acids is 1. The van der Waals surface area contributed by atoms with Gasteiger partial charge < -0.3 is 19.8 Å². The fraction of sp³-hybridized carbons (Fsp3) is 0.556. The number of H-pyrrole nitrogens is 1. The summed E-state index contributed by atoms with van der Waals surface area (Å²) >= 11 is 0. The summed E-state index contributed by atoms with van der Waals surface area (Å²) in [6.07, 6.45) is 5.79. The zero-order chi connectivity index (χ0) is 16.4. The van der Waals surface area contributed by atoms with Gasteiger partial charge in [-0.15, -0.1) is 0 Å². The normalized spacial score (nSPS) is 22.6. The van der Waals surface area contributed by atoms with Gasteiger partial charge in [-0.3, -0.25) is 4.79 Å². The molecule has 0 radical (unpaired) electrons. The first-order valence-corrected chi connectivity index (χ1v) is 8.79. The molecule has 1 atom stereocenters. The molecule has 2 N–H and O–H groups in total. The Morgan fingerprint density at radius 1 is 1.21 bits per heavy atom. The number of nitrogens with one attached hydrogen (secondary N) is 2. The van der Waals surface area contributed by atoms with E-state index in [4.69, 9.17) is 14.5 Å². The van der Waals surface area contributed by atoms with E-state index in [2.05, 4.69) is 10.3 Å². The first kappa shape index (κ1) is 15.6. The summed E-state index contributed by atoms with van der Waals surface area (Å²) in [5, 5.41) is 2.90. The number of ether oxygens (including phenoxy) is 2. The Morgan fingerprint density at radius 3 is 2.88 bits per heavy atom. The van der Waals surface area contributed by atoms with E-state index >= 15 is 0 Å². The van der Waals surface area contributed by atoms with Gasteiger partial charge in [-0.2, -0.15) is 0 Å². The maximum atomic E-state index is 12.2. The van der Waals surface area contributed by atoms with Gasteiger partial charge in [0.25, 0.3) is 5.91 Å². The van der Waals surface area contributed by atoms with E-state index in [9.17, 15) is 4.79 Å². The van der Waals surface area contributed by atoms with Crippen molar-refractivity contribution in [1.29, 1.82) is 0 Å². The Balaban J connectivity index is 1.49. The number of nitrogens with zero attached hydrogens (tertiary/aromatic N) is 1. The van der Waals surface area contributed by atoms with Crippen LogP contribution < -0.4 is 5.32 Å². The molecular formula is C18H23N3O3. The summed E-state index contributed by atoms with van der Waals surface area (Å²) in [6.45, 7) is 1.32. The third-order valence-electron chi connectivity index (χ3n) is 4.87. The number of fused-ring (bicyclic) bond motifs is 1. The molecule has 2 aromatic rings. The summed E-state index contributed by atoms with van der Waals surface area (Å²) in [5.41, 5.74) is 2.67. The van der Waals surface area contributed by atoms with Crippen molar-refractivity contribution >= 4 is 22.6 Å². The molecule has 2 fully saturated rings. The first-order chi connectivity index (χ1) is 11.8. The Bertz CT molecular complexity index is 715. The Hall–Kier alpha value is -1.92. The van der Waals surface area contributed by atoms with Crippen LogP contribution in [0.4, 0.5) is 5.69 Å². The predicted octanol–water partition coefficient (Wildman–Crippen LogP) is 2.96. The van der Waals surface area contributed by atoms with Crippen molar-refractivity contribution in [3.8, 4) is 0 Å². The first-order valence-electron chi connectivity index (χ1n) is 8.79. The van der Waals surface area contributed by atoms with Crippen LogP contribution >= 0.6 is 0 Å². The second-order valence-corrected chi connectivity index (χ2v) is 6.61. The van der Waals surface area contributed by atoms with Crippen LogP contribution in [0.3, 0.4) is 0 Å². The van der Waals surface area contributed by atoms with Crippen molar-refractivity contribution in [2.24, 2.45) is 0 Å². The SMILES string of the molecule is O=C(Nc1ccc2nc(C3CCCCC3)[nH]c2c1)[C@@H]1COCCO1. The van der Waals surface area contributed by atoms with Gasteiger partial charge in [0, 0.05) is 11.6 Å². The van der Waals surface area contributed by atoms with E-state index in [1.807, 2.05) is 18.2 Å². The maximum Gasteiger partial charge on any atom is 0.255 e. The molecule has 128 valence electrons. The van der Waals surface area contributed by atoms with Crippen molar-refractivity contribution < 1.29 is 14.3 Å². The number of carbonyl (C=O) groups is 1. The van der Waals surface area contributed by atoms with Crippen molar-refractivity contribution in [1.82, 2.24) is 9.97 Å². The Morgan fingerprint density at radius 2 is 2.08 bits per heavy atom. The highest BCUT2D eigenvalue weighted by molar-refractivity contribution is 5.96. The number of amides is 1. The topological polar surface area (TPSA) is 76.2 Å². The van der Waals surface area contributed by atoms with Crippen LogP contribution in [0, 0.1) is 0 Å². The molecule has 1 saturated carbocycles. The molecule has 6 heteroatoms. The van der Waals surface area contributed by atoms with Crippen molar-refractivity contribution in [2.75, 3.05) is 25.1 Å². The third kappa shape index (κ3) is 3.30. The van der Waals surface area contributed by atoms with Gasteiger partial charge in [0.15, 0.2) is 6.10 Å². The number of hydrogen-bond acceptors (Lipinski definition) is 4. The highest BCUT2D eigenvalue weighted by atomic mass is 16.6. The zero-order valence-electron chi connectivity index (χ0n) is 13.7. The van der Waals surface area contributed by atoms with Crippen LogP contribution in [-0.4, -0.2) is 41.8 Å². The van der Waals surface area contributed by atoms with E-state index < -0.39 is 6.10 Å². The quantitative estimate of drug-likeness (QED) is 0.908. The second kappa shape index (κ2) is 6.91. The molecule has 1 aromatic carbocycles. The minimum Gasteiger partial charge on any atom is -0.376 e. The molecule has 1 amide bonds. The highest BCUT2D eigenvalue weighted by Gasteiger charge is 2.23. The molecule has 0 bridgehead atoms. The number of aromatic amines is 1. The van der Waals surface area contributed by atoms with Crippen LogP contribution in [-0.2, 0) is 14.3 Å². The van der Waals surface area contributed by atoms with Crippen LogP contribution in [0.2, 0.25) is 0 Å². The lowest BCUT2D eigenvalue weighted by Gasteiger charge is -2.22. The van der Waals surface area contributed by atoms with Crippen LogP contribution in [0.15, 0.2) is 18.2 Å². The molecular weight excluding hydrogens is 306 g/mol.